The van der Waals surface area contributed by atoms with Crippen LogP contribution in [0.15, 0.2) is 37.4 Å². The zero-order valence-corrected chi connectivity index (χ0v) is 16.2. The third-order valence-electron chi connectivity index (χ3n) is 3.02. The Balaban J connectivity index is 2.11. The molecule has 0 fully saturated rings. The Morgan fingerprint density at radius 2 is 1.18 bits per heavy atom. The summed E-state index contributed by atoms with van der Waals surface area (Å²) in [6.07, 6.45) is 6.27. The van der Waals surface area contributed by atoms with Gasteiger partial charge in [-0.2, -0.15) is 38.4 Å². The molecule has 6 N–H and O–H groups in total. The molecule has 28 heavy (non-hydrogen) atoms. The summed E-state index contributed by atoms with van der Waals surface area (Å²) in [5, 5.41) is 0. The van der Waals surface area contributed by atoms with Crippen LogP contribution in [-0.2, 0) is 23.2 Å². The van der Waals surface area contributed by atoms with Crippen molar-refractivity contribution in [1.82, 2.24) is 19.1 Å². The normalized spacial score (nSPS) is 14.9. The number of imidazole rings is 2. The van der Waals surface area contributed by atoms with Gasteiger partial charge in [-0.25, -0.2) is 19.6 Å². The van der Waals surface area contributed by atoms with Gasteiger partial charge in [-0.1, -0.05) is 0 Å². The first-order valence-corrected chi connectivity index (χ1v) is 11.4. The lowest BCUT2D eigenvalue weighted by atomic mass is 10.6. The smallest absolute Gasteiger partial charge is 0.285 e. The third kappa shape index (κ3) is 5.55. The van der Waals surface area contributed by atoms with Crippen molar-refractivity contribution >= 4 is 36.1 Å². The lowest BCUT2D eigenvalue weighted by Gasteiger charge is -2.14. The third-order valence-corrected chi connectivity index (χ3v) is 5.95. The van der Waals surface area contributed by atoms with Crippen LogP contribution in [0.5, 0.6) is 0 Å². The minimum absolute atomic E-state index is 0.751. The van der Waals surface area contributed by atoms with Gasteiger partial charge in [-0.3, -0.25) is 9.13 Å². The topological polar surface area (TPSA) is 227 Å². The van der Waals surface area contributed by atoms with Crippen molar-refractivity contribution in [2.45, 2.75) is 11.6 Å². The number of hydrogen-bond donors (Lipinski definition) is 6. The number of nitrogens with zero attached hydrogens (tertiary/aromatic N) is 4. The Labute approximate surface area is 157 Å². The summed E-state index contributed by atoms with van der Waals surface area (Å²) in [6.45, 7) is 0. The van der Waals surface area contributed by atoms with Gasteiger partial charge in [0.1, 0.15) is 0 Å². The van der Waals surface area contributed by atoms with Crippen LogP contribution in [0, 0.1) is 0 Å². The molecule has 0 aromatic carbocycles. The average Bonchev–Trinajstić information content (AvgIpc) is 3.17. The lowest BCUT2D eigenvalue weighted by Crippen LogP contribution is -2.24. The quantitative estimate of drug-likeness (QED) is 0.261. The van der Waals surface area contributed by atoms with Gasteiger partial charge in [0.25, 0.3) is 0 Å². The van der Waals surface area contributed by atoms with E-state index in [2.05, 4.69) is 19.0 Å². The van der Waals surface area contributed by atoms with Crippen LogP contribution in [0.3, 0.4) is 0 Å². The molecule has 0 spiro atoms. The van der Waals surface area contributed by atoms with E-state index in [9.17, 15) is 43.5 Å². The fraction of sp³-hybridized carbons (Fsp3) is 0.200. The second kappa shape index (κ2) is 8.62. The van der Waals surface area contributed by atoms with Crippen molar-refractivity contribution in [3.63, 3.8) is 0 Å². The Bertz CT molecular complexity index is 762. The molecule has 0 saturated heterocycles. The Morgan fingerprint density at radius 3 is 1.43 bits per heavy atom. The van der Waals surface area contributed by atoms with E-state index in [1.54, 1.807) is 0 Å². The molecular weight excluding hydrogens is 445 g/mol. The van der Waals surface area contributed by atoms with Gasteiger partial charge < -0.3 is 0 Å². The molecule has 0 bridgehead atoms. The second-order valence-corrected chi connectivity index (χ2v) is 9.29. The van der Waals surface area contributed by atoms with Gasteiger partial charge in [-0.15, -0.1) is 0 Å². The highest BCUT2D eigenvalue weighted by atomic mass is 31.2. The lowest BCUT2D eigenvalue weighted by molar-refractivity contribution is -0.139. The molecule has 2 unspecified atom stereocenters. The molecule has 152 valence electrons. The first-order valence-electron chi connectivity index (χ1n) is 6.91. The molecule has 2 aromatic heterocycles. The van der Waals surface area contributed by atoms with Crippen molar-refractivity contribution < 1.29 is 52.6 Å². The molecule has 2 aromatic rings. The molecule has 0 amide bonds. The van der Waals surface area contributed by atoms with Crippen LogP contribution in [0.25, 0.3) is 0 Å². The maximum Gasteiger partial charge on any atom is 0.811 e. The van der Waals surface area contributed by atoms with Gasteiger partial charge in [0.05, 0.1) is 12.7 Å². The number of hydrogen-bond acceptors (Lipinski definition) is 13. The summed E-state index contributed by atoms with van der Waals surface area (Å²) in [5.41, 5.74) is 0. The van der Waals surface area contributed by atoms with Gasteiger partial charge in [-0.05, 0) is 0 Å². The van der Waals surface area contributed by atoms with Crippen LogP contribution in [0.2, 0.25) is 0 Å². The summed E-state index contributed by atoms with van der Waals surface area (Å²) in [6, 6.07) is 0. The summed E-state index contributed by atoms with van der Waals surface area (Å²) in [5.74, 6) is -7.58. The van der Waals surface area contributed by atoms with E-state index in [0.717, 1.165) is 46.6 Å². The van der Waals surface area contributed by atoms with Crippen molar-refractivity contribution in [3.05, 3.63) is 37.4 Å². The molecule has 0 aliphatic heterocycles. The summed E-state index contributed by atoms with van der Waals surface area (Å²) < 4.78 is 21.9. The summed E-state index contributed by atoms with van der Waals surface area (Å²) >= 11 is 0. The zero-order valence-electron chi connectivity index (χ0n) is 13.5. The predicted octanol–water partition coefficient (Wildman–Crippen LogP) is -1.00. The largest absolute Gasteiger partial charge is 0.811 e. The van der Waals surface area contributed by atoms with Crippen LogP contribution in [0.1, 0.15) is 11.6 Å². The van der Waals surface area contributed by atoms with E-state index >= 15 is 0 Å². The second-order valence-electron chi connectivity index (χ2n) is 5.04. The van der Waals surface area contributed by atoms with Gasteiger partial charge in [0.15, 0.2) is 0 Å². The minimum atomic E-state index is -4.89. The fourth-order valence-electron chi connectivity index (χ4n) is 1.97. The van der Waals surface area contributed by atoms with Crippen LogP contribution >= 0.6 is 24.1 Å². The van der Waals surface area contributed by atoms with E-state index < -0.39 is 47.6 Å². The number of carbonyl (C=O) groups is 2. The average molecular weight is 459 g/mol. The highest BCUT2D eigenvalue weighted by Gasteiger charge is 2.57. The summed E-state index contributed by atoms with van der Waals surface area (Å²) in [7, 11) is -13.4. The van der Waals surface area contributed by atoms with E-state index in [0.29, 0.717) is 0 Å². The predicted molar refractivity (Wildman–Crippen MR) is 89.5 cm³/mol. The van der Waals surface area contributed by atoms with E-state index in [-0.39, 0.29) is 0 Å². The van der Waals surface area contributed by atoms with Crippen molar-refractivity contribution in [2.24, 2.45) is 0 Å². The highest BCUT2D eigenvalue weighted by Crippen LogP contribution is 2.59. The van der Waals surface area contributed by atoms with E-state index in [1.165, 1.54) is 0 Å². The van der Waals surface area contributed by atoms with Gasteiger partial charge in [0.2, 0.25) is 0 Å². The molecule has 15 nitrogen and oxygen atoms in total. The number of carbonyl (C=O) groups excluding carboxylic acids is 2. The molecule has 18 heteroatoms. The molecule has 0 aliphatic rings. The first-order chi connectivity index (χ1) is 12.9. The molecule has 2 heterocycles. The first kappa shape index (κ1) is 22.4. The van der Waals surface area contributed by atoms with Gasteiger partial charge in [0, 0.05) is 29.4 Å². The minimum Gasteiger partial charge on any atom is -0.285 e. The summed E-state index contributed by atoms with van der Waals surface area (Å²) in [4.78, 5) is 87.5. The fourth-order valence-corrected chi connectivity index (χ4v) is 4.33. The van der Waals surface area contributed by atoms with Gasteiger partial charge >= 0.3 is 47.6 Å². The molecular formula is C10H14N4O11P3+3. The molecule has 0 saturated carbocycles. The zero-order chi connectivity index (χ0) is 21.1. The van der Waals surface area contributed by atoms with Crippen molar-refractivity contribution in [1.29, 1.82) is 0 Å². The Hall–Kier alpha value is -1.92. The van der Waals surface area contributed by atoms with Crippen LogP contribution < -0.4 is 0 Å². The molecule has 0 radical (unpaired) electrons. The van der Waals surface area contributed by atoms with Crippen LogP contribution in [-0.4, -0.2) is 60.4 Å². The van der Waals surface area contributed by atoms with Crippen molar-refractivity contribution in [2.75, 3.05) is 0 Å². The van der Waals surface area contributed by atoms with E-state index in [4.69, 9.17) is 0 Å². The highest BCUT2D eigenvalue weighted by molar-refractivity contribution is 7.60. The van der Waals surface area contributed by atoms with Crippen LogP contribution in [0.4, 0.5) is 0 Å². The molecule has 0 aliphatic carbocycles. The SMILES string of the molecule is O=C(O[P+](=O)OC(=O)C(n1ccnc1)[P+](O)(O)O)C(n1ccnc1)[P+](O)(O)O. The Morgan fingerprint density at radius 1 is 0.821 bits per heavy atom. The molecule has 2 atom stereocenters. The van der Waals surface area contributed by atoms with E-state index in [1.807, 2.05) is 0 Å². The molecule has 2 rings (SSSR count). The number of aromatic nitrogens is 4. The monoisotopic (exact) mass is 459 g/mol. The Kier molecular flexibility index (Phi) is 6.88. The maximum atomic E-state index is 12.0. The standard InChI is InChI=1S/C10H14N4O11P3/c15-9(7(27(18,19)20)13-3-1-11-5-13)24-26(17)25-10(16)8(28(21,22)23)14-4-2-12-6-14/h1-8,18-23H/q+3. The number of rotatable bonds is 8. The maximum absolute atomic E-state index is 12.0. The van der Waals surface area contributed by atoms with Crippen molar-refractivity contribution in [3.8, 4) is 0 Å².